The molecule has 1 aromatic rings. The number of aliphatic hydroxyl groups excluding tert-OH is 1. The lowest BCUT2D eigenvalue weighted by Crippen LogP contribution is -2.09. The number of aliphatic hydroxyl groups is 1. The van der Waals surface area contributed by atoms with Crippen molar-refractivity contribution in [2.45, 2.75) is 77.2 Å². The van der Waals surface area contributed by atoms with E-state index in [4.69, 9.17) is 0 Å². The fourth-order valence-electron chi connectivity index (χ4n) is 2.30. The van der Waals surface area contributed by atoms with E-state index in [1.807, 2.05) is 0 Å². The Balaban J connectivity index is 1.88. The van der Waals surface area contributed by atoms with Crippen molar-refractivity contribution in [3.8, 4) is 0 Å². The van der Waals surface area contributed by atoms with E-state index in [1.165, 1.54) is 56.9 Å². The summed E-state index contributed by atoms with van der Waals surface area (Å²) in [5.41, 5.74) is 1.28. The molecule has 1 rings (SSSR count). The molecule has 1 atom stereocenters. The zero-order valence-electron chi connectivity index (χ0n) is 11.7. The first kappa shape index (κ1) is 15.7. The van der Waals surface area contributed by atoms with Gasteiger partial charge in [0, 0.05) is 0 Å². The van der Waals surface area contributed by atoms with Crippen molar-refractivity contribution < 1.29 is 5.11 Å². The van der Waals surface area contributed by atoms with Gasteiger partial charge in [0.15, 0.2) is 0 Å². The van der Waals surface area contributed by atoms with Crippen LogP contribution in [0.25, 0.3) is 0 Å². The molecule has 1 heterocycles. The van der Waals surface area contributed by atoms with Crippen molar-refractivity contribution >= 4 is 11.3 Å². The van der Waals surface area contributed by atoms with E-state index < -0.39 is 0 Å². The highest BCUT2D eigenvalue weighted by Crippen LogP contribution is 2.14. The summed E-state index contributed by atoms with van der Waals surface area (Å²) in [5, 5.41) is 14.1. The summed E-state index contributed by atoms with van der Waals surface area (Å²) in [5.74, 6) is 0. The van der Waals surface area contributed by atoms with Gasteiger partial charge in [0.05, 0.1) is 6.10 Å². The smallest absolute Gasteiger partial charge is 0.0580 e. The van der Waals surface area contributed by atoms with E-state index in [-0.39, 0.29) is 6.10 Å². The summed E-state index contributed by atoms with van der Waals surface area (Å²) in [4.78, 5) is 0. The van der Waals surface area contributed by atoms with E-state index >= 15 is 0 Å². The number of thiophene rings is 1. The second-order valence-electron chi connectivity index (χ2n) is 5.25. The summed E-state index contributed by atoms with van der Waals surface area (Å²) >= 11 is 1.71. The highest BCUT2D eigenvalue weighted by molar-refractivity contribution is 7.07. The predicted octanol–water partition coefficient (Wildman–Crippen LogP) is 5.18. The van der Waals surface area contributed by atoms with Gasteiger partial charge in [0.25, 0.3) is 0 Å². The Bertz CT molecular complexity index is 269. The van der Waals surface area contributed by atoms with Crippen LogP contribution in [0.15, 0.2) is 16.8 Å². The molecule has 1 nitrogen and oxygen atoms in total. The van der Waals surface area contributed by atoms with Crippen molar-refractivity contribution in [3.05, 3.63) is 22.4 Å². The molecule has 0 aliphatic carbocycles. The minimum Gasteiger partial charge on any atom is -0.393 e. The van der Waals surface area contributed by atoms with E-state index in [9.17, 15) is 5.11 Å². The second-order valence-corrected chi connectivity index (χ2v) is 6.03. The molecule has 0 amide bonds. The largest absolute Gasteiger partial charge is 0.393 e. The average molecular weight is 268 g/mol. The molecule has 1 unspecified atom stereocenters. The van der Waals surface area contributed by atoms with Gasteiger partial charge in [-0.2, -0.15) is 11.3 Å². The van der Waals surface area contributed by atoms with E-state index in [2.05, 4.69) is 23.8 Å². The van der Waals surface area contributed by atoms with Gasteiger partial charge >= 0.3 is 0 Å². The van der Waals surface area contributed by atoms with Crippen molar-refractivity contribution in [2.75, 3.05) is 0 Å². The lowest BCUT2D eigenvalue weighted by Gasteiger charge is -2.09. The third-order valence-electron chi connectivity index (χ3n) is 3.44. The van der Waals surface area contributed by atoms with Crippen molar-refractivity contribution in [1.29, 1.82) is 0 Å². The minimum atomic E-state index is -0.139. The maximum Gasteiger partial charge on any atom is 0.0580 e. The summed E-state index contributed by atoms with van der Waals surface area (Å²) in [6.45, 7) is 2.26. The Labute approximate surface area is 116 Å². The zero-order chi connectivity index (χ0) is 13.1. The van der Waals surface area contributed by atoms with Gasteiger partial charge in [-0.3, -0.25) is 0 Å². The third kappa shape index (κ3) is 7.88. The van der Waals surface area contributed by atoms with Crippen LogP contribution < -0.4 is 0 Å². The highest BCUT2D eigenvalue weighted by atomic mass is 32.1. The highest BCUT2D eigenvalue weighted by Gasteiger charge is 2.05. The summed E-state index contributed by atoms with van der Waals surface area (Å²) < 4.78 is 0. The molecule has 0 aromatic carbocycles. The second kappa shape index (κ2) is 10.6. The van der Waals surface area contributed by atoms with Gasteiger partial charge in [-0.25, -0.2) is 0 Å². The third-order valence-corrected chi connectivity index (χ3v) is 4.17. The molecule has 1 aromatic heterocycles. The molecule has 0 bridgehead atoms. The van der Waals surface area contributed by atoms with Crippen LogP contribution in [0.4, 0.5) is 0 Å². The molecule has 0 spiro atoms. The lowest BCUT2D eigenvalue weighted by atomic mass is 10.0. The van der Waals surface area contributed by atoms with Gasteiger partial charge in [0.1, 0.15) is 0 Å². The molecule has 1 N–H and O–H groups in total. The van der Waals surface area contributed by atoms with Crippen LogP contribution in [0, 0.1) is 0 Å². The quantitative estimate of drug-likeness (QED) is 0.548. The number of rotatable bonds is 11. The molecule has 104 valence electrons. The molecule has 0 aliphatic rings. The summed E-state index contributed by atoms with van der Waals surface area (Å²) in [6, 6.07) is 2.11. The summed E-state index contributed by atoms with van der Waals surface area (Å²) in [6.07, 6.45) is 12.3. The van der Waals surface area contributed by atoms with Crippen LogP contribution in [0.3, 0.4) is 0 Å². The standard InChI is InChI=1S/C16H28OS/c1-2-3-4-5-6-7-8-9-10-16(17)13-15-11-12-18-14-15/h11-12,14,16-17H,2-10,13H2,1H3. The van der Waals surface area contributed by atoms with Gasteiger partial charge in [0.2, 0.25) is 0 Å². The lowest BCUT2D eigenvalue weighted by molar-refractivity contribution is 0.161. The molecular formula is C16H28OS. The van der Waals surface area contributed by atoms with E-state index in [0.29, 0.717) is 0 Å². The first-order valence-electron chi connectivity index (χ1n) is 7.52. The van der Waals surface area contributed by atoms with Crippen LogP contribution in [0.1, 0.15) is 70.3 Å². The number of hydrogen-bond acceptors (Lipinski definition) is 2. The van der Waals surface area contributed by atoms with Crippen molar-refractivity contribution in [2.24, 2.45) is 0 Å². The van der Waals surface area contributed by atoms with Crippen LogP contribution in [0.2, 0.25) is 0 Å². The molecule has 0 fully saturated rings. The Morgan fingerprint density at radius 1 is 1.06 bits per heavy atom. The average Bonchev–Trinajstić information content (AvgIpc) is 2.85. The molecule has 0 radical (unpaired) electrons. The van der Waals surface area contributed by atoms with Crippen LogP contribution in [0.5, 0.6) is 0 Å². The zero-order valence-corrected chi connectivity index (χ0v) is 12.6. The number of hydrogen-bond donors (Lipinski definition) is 1. The van der Waals surface area contributed by atoms with Gasteiger partial charge in [-0.05, 0) is 35.2 Å². The molecule has 0 saturated carbocycles. The Morgan fingerprint density at radius 3 is 2.33 bits per heavy atom. The Kier molecular flexibility index (Phi) is 9.23. The normalized spacial score (nSPS) is 12.8. The molecule has 0 aliphatic heterocycles. The fraction of sp³-hybridized carbons (Fsp3) is 0.750. The first-order valence-corrected chi connectivity index (χ1v) is 8.46. The van der Waals surface area contributed by atoms with E-state index in [0.717, 1.165) is 12.8 Å². The fourth-order valence-corrected chi connectivity index (χ4v) is 2.98. The molecular weight excluding hydrogens is 240 g/mol. The van der Waals surface area contributed by atoms with Crippen LogP contribution in [-0.2, 0) is 6.42 Å². The van der Waals surface area contributed by atoms with E-state index in [1.54, 1.807) is 11.3 Å². The van der Waals surface area contributed by atoms with Crippen molar-refractivity contribution in [1.82, 2.24) is 0 Å². The Hall–Kier alpha value is -0.340. The summed E-state index contributed by atoms with van der Waals surface area (Å²) in [7, 11) is 0. The first-order chi connectivity index (χ1) is 8.83. The molecule has 0 saturated heterocycles. The molecule has 2 heteroatoms. The SMILES string of the molecule is CCCCCCCCCCC(O)Cc1ccsc1. The van der Waals surface area contributed by atoms with Crippen LogP contribution in [-0.4, -0.2) is 11.2 Å². The van der Waals surface area contributed by atoms with Gasteiger partial charge in [-0.15, -0.1) is 0 Å². The van der Waals surface area contributed by atoms with Crippen LogP contribution >= 0.6 is 11.3 Å². The van der Waals surface area contributed by atoms with Crippen molar-refractivity contribution in [3.63, 3.8) is 0 Å². The topological polar surface area (TPSA) is 20.2 Å². The molecule has 18 heavy (non-hydrogen) atoms. The monoisotopic (exact) mass is 268 g/mol. The van der Waals surface area contributed by atoms with Gasteiger partial charge in [-0.1, -0.05) is 58.3 Å². The number of unbranched alkanes of at least 4 members (excludes halogenated alkanes) is 7. The maximum absolute atomic E-state index is 9.90. The maximum atomic E-state index is 9.90. The van der Waals surface area contributed by atoms with Gasteiger partial charge < -0.3 is 5.11 Å². The minimum absolute atomic E-state index is 0.139. The Morgan fingerprint density at radius 2 is 1.72 bits per heavy atom. The predicted molar refractivity (Wildman–Crippen MR) is 81.3 cm³/mol.